The number of aromatic nitrogens is 1. The molecule has 3 aromatic rings. The second kappa shape index (κ2) is 13.9. The average Bonchev–Trinajstić information content (AvgIpc) is 3.24. The lowest BCUT2D eigenvalue weighted by molar-refractivity contribution is -0.117. The van der Waals surface area contributed by atoms with Crippen LogP contribution in [0.25, 0.3) is 4.85 Å². The number of carbonyl (C=O) groups excluding carboxylic acids is 2. The standard InChI is InChI=1S/C31H32N6O3S/c1-3-24-25(20-32)31(35-30(26(24)34-2)37-15-7-14-36(16-17-37)18-19-38)41-28(29(33)40)23-12-10-22(11-13-23)27(39)21-8-5-4-6-9-21/h4-6,8-13,28,38H,3,7,14-19H2,1H3,(H2,33,40). The molecule has 9 nitrogen and oxygen atoms in total. The van der Waals surface area contributed by atoms with Crippen LogP contribution < -0.4 is 10.6 Å². The van der Waals surface area contributed by atoms with Gasteiger partial charge in [-0.25, -0.2) is 9.83 Å². The van der Waals surface area contributed by atoms with E-state index in [4.69, 9.17) is 17.3 Å². The molecular formula is C31H32N6O3S. The molecule has 3 N–H and O–H groups in total. The van der Waals surface area contributed by atoms with Gasteiger partial charge in [-0.05, 0) is 30.5 Å². The lowest BCUT2D eigenvalue weighted by atomic mass is 10.0. The summed E-state index contributed by atoms with van der Waals surface area (Å²) in [4.78, 5) is 38.4. The van der Waals surface area contributed by atoms with Crippen molar-refractivity contribution in [2.75, 3.05) is 44.2 Å². The van der Waals surface area contributed by atoms with Gasteiger partial charge in [0.15, 0.2) is 5.78 Å². The number of carbonyl (C=O) groups is 2. The molecule has 41 heavy (non-hydrogen) atoms. The van der Waals surface area contributed by atoms with Crippen molar-refractivity contribution >= 4 is 35.0 Å². The Balaban J connectivity index is 1.69. The topological polar surface area (TPSA) is 128 Å². The molecule has 1 aliphatic heterocycles. The summed E-state index contributed by atoms with van der Waals surface area (Å²) in [6, 6.07) is 17.9. The number of aliphatic hydroxyl groups is 1. The van der Waals surface area contributed by atoms with Gasteiger partial charge >= 0.3 is 0 Å². The minimum Gasteiger partial charge on any atom is -0.395 e. The number of aliphatic hydroxyl groups excluding tert-OH is 1. The monoisotopic (exact) mass is 568 g/mol. The third-order valence-electron chi connectivity index (χ3n) is 7.10. The molecule has 1 atom stereocenters. The molecule has 0 radical (unpaired) electrons. The van der Waals surface area contributed by atoms with E-state index in [2.05, 4.69) is 20.7 Å². The summed E-state index contributed by atoms with van der Waals surface area (Å²) in [5, 5.41) is 19.0. The lowest BCUT2D eigenvalue weighted by Crippen LogP contribution is -2.33. The van der Waals surface area contributed by atoms with Crippen LogP contribution in [0.1, 0.15) is 51.2 Å². The van der Waals surface area contributed by atoms with Gasteiger partial charge in [0, 0.05) is 37.3 Å². The quantitative estimate of drug-likeness (QED) is 0.212. The number of benzene rings is 2. The summed E-state index contributed by atoms with van der Waals surface area (Å²) in [5.74, 6) is -0.238. The molecule has 1 fully saturated rings. The maximum Gasteiger partial charge on any atom is 0.235 e. The SMILES string of the molecule is [C-]#[N+]c1c(N2CCCN(CCO)CC2)nc(SC(C(N)=O)c2ccc(C(=O)c3ccccc3)cc2)c(C#N)c1CC. The molecular weight excluding hydrogens is 536 g/mol. The van der Waals surface area contributed by atoms with Crippen LogP contribution in [0.2, 0.25) is 0 Å². The number of hydrogen-bond acceptors (Lipinski definition) is 8. The third-order valence-corrected chi connectivity index (χ3v) is 8.36. The number of ketones is 1. The van der Waals surface area contributed by atoms with Gasteiger partial charge in [0.05, 0.1) is 18.7 Å². The number of thioether (sulfide) groups is 1. The molecule has 1 unspecified atom stereocenters. The van der Waals surface area contributed by atoms with Gasteiger partial charge in [0.1, 0.15) is 22.2 Å². The molecule has 10 heteroatoms. The van der Waals surface area contributed by atoms with E-state index in [1.807, 2.05) is 13.0 Å². The van der Waals surface area contributed by atoms with Crippen LogP contribution in [0.15, 0.2) is 59.6 Å². The summed E-state index contributed by atoms with van der Waals surface area (Å²) in [6.07, 6.45) is 1.28. The van der Waals surface area contributed by atoms with E-state index < -0.39 is 11.2 Å². The fourth-order valence-corrected chi connectivity index (χ4v) is 6.04. The normalized spacial score (nSPS) is 14.5. The molecule has 1 amide bonds. The number of hydrogen-bond donors (Lipinski definition) is 2. The van der Waals surface area contributed by atoms with Crippen molar-refractivity contribution in [3.05, 3.63) is 93.8 Å². The van der Waals surface area contributed by atoms with Crippen molar-refractivity contribution in [1.82, 2.24) is 9.88 Å². The summed E-state index contributed by atoms with van der Waals surface area (Å²) in [7, 11) is 0. The molecule has 210 valence electrons. The van der Waals surface area contributed by atoms with E-state index in [1.165, 1.54) is 0 Å². The largest absolute Gasteiger partial charge is 0.395 e. The molecule has 0 aliphatic carbocycles. The highest BCUT2D eigenvalue weighted by atomic mass is 32.2. The summed E-state index contributed by atoms with van der Waals surface area (Å²) >= 11 is 1.09. The van der Waals surface area contributed by atoms with Gasteiger partial charge in [0.2, 0.25) is 11.6 Å². The average molecular weight is 569 g/mol. The van der Waals surface area contributed by atoms with Crippen LogP contribution in [0.4, 0.5) is 11.5 Å². The van der Waals surface area contributed by atoms with Crippen LogP contribution in [-0.4, -0.2) is 66.0 Å². The Morgan fingerprint density at radius 3 is 2.44 bits per heavy atom. The van der Waals surface area contributed by atoms with Crippen LogP contribution >= 0.6 is 11.8 Å². The molecule has 0 saturated carbocycles. The van der Waals surface area contributed by atoms with Crippen molar-refractivity contribution < 1.29 is 14.7 Å². The molecule has 1 saturated heterocycles. The van der Waals surface area contributed by atoms with Gasteiger partial charge in [-0.2, -0.15) is 5.26 Å². The molecule has 2 heterocycles. The summed E-state index contributed by atoms with van der Waals surface area (Å²) < 4.78 is 0. The molecule has 0 spiro atoms. The Bertz CT molecular complexity index is 1480. The Kier molecular flexibility index (Phi) is 10.1. The number of rotatable bonds is 10. The number of amides is 1. The first kappa shape index (κ1) is 29.8. The Hall–Kier alpha value is -4.22. The minimum absolute atomic E-state index is 0.0824. The van der Waals surface area contributed by atoms with Gasteiger partial charge in [0.25, 0.3) is 0 Å². The van der Waals surface area contributed by atoms with E-state index in [-0.39, 0.29) is 18.0 Å². The fourth-order valence-electron chi connectivity index (χ4n) is 4.99. The van der Waals surface area contributed by atoms with Crippen molar-refractivity contribution in [3.8, 4) is 6.07 Å². The van der Waals surface area contributed by atoms with Crippen LogP contribution in [0.5, 0.6) is 0 Å². The van der Waals surface area contributed by atoms with E-state index in [9.17, 15) is 20.0 Å². The van der Waals surface area contributed by atoms with Crippen molar-refractivity contribution in [3.63, 3.8) is 0 Å². The Labute approximate surface area is 244 Å². The third kappa shape index (κ3) is 6.75. The van der Waals surface area contributed by atoms with Gasteiger partial charge in [-0.15, -0.1) is 0 Å². The highest BCUT2D eigenvalue weighted by Crippen LogP contribution is 2.42. The fraction of sp³-hybridized carbons (Fsp3) is 0.323. The Morgan fingerprint density at radius 2 is 1.83 bits per heavy atom. The second-order valence-corrected chi connectivity index (χ2v) is 10.7. The highest BCUT2D eigenvalue weighted by Gasteiger charge is 2.28. The number of primary amides is 1. The van der Waals surface area contributed by atoms with Gasteiger partial charge < -0.3 is 15.7 Å². The zero-order valence-corrected chi connectivity index (χ0v) is 23.7. The summed E-state index contributed by atoms with van der Waals surface area (Å²) in [5.41, 5.74) is 8.70. The van der Waals surface area contributed by atoms with E-state index in [1.54, 1.807) is 48.5 Å². The maximum atomic E-state index is 12.8. The molecule has 1 aromatic heterocycles. The second-order valence-electron chi connectivity index (χ2n) is 9.64. The zero-order valence-electron chi connectivity index (χ0n) is 22.9. The van der Waals surface area contributed by atoms with Crippen LogP contribution in [-0.2, 0) is 11.2 Å². The lowest BCUT2D eigenvalue weighted by Gasteiger charge is -2.26. The first-order chi connectivity index (χ1) is 19.9. The number of nitrogens with zero attached hydrogens (tertiary/aromatic N) is 5. The molecule has 2 aromatic carbocycles. The molecule has 4 rings (SSSR count). The van der Waals surface area contributed by atoms with Crippen LogP contribution in [0.3, 0.4) is 0 Å². The number of nitriles is 1. The smallest absolute Gasteiger partial charge is 0.235 e. The Morgan fingerprint density at radius 1 is 1.12 bits per heavy atom. The molecule has 0 bridgehead atoms. The van der Waals surface area contributed by atoms with Gasteiger partial charge in [-0.1, -0.05) is 73.3 Å². The first-order valence-electron chi connectivity index (χ1n) is 13.5. The predicted molar refractivity (Wildman–Crippen MR) is 159 cm³/mol. The van der Waals surface area contributed by atoms with Crippen molar-refractivity contribution in [2.24, 2.45) is 5.73 Å². The van der Waals surface area contributed by atoms with E-state index >= 15 is 0 Å². The van der Waals surface area contributed by atoms with Crippen molar-refractivity contribution in [1.29, 1.82) is 5.26 Å². The molecule has 1 aliphatic rings. The van der Waals surface area contributed by atoms with Crippen LogP contribution in [0, 0.1) is 17.9 Å². The first-order valence-corrected chi connectivity index (χ1v) is 14.4. The van der Waals surface area contributed by atoms with E-state index in [0.29, 0.717) is 71.4 Å². The number of pyridine rings is 1. The number of β-amino-alcohol motifs (C(OH)–C–C–N with tert-alkyl or cyclic N) is 1. The maximum absolute atomic E-state index is 12.8. The predicted octanol–water partition coefficient (Wildman–Crippen LogP) is 4.12. The van der Waals surface area contributed by atoms with Gasteiger partial charge in [-0.3, -0.25) is 14.5 Å². The number of anilines is 1. The van der Waals surface area contributed by atoms with E-state index in [0.717, 1.165) is 24.7 Å². The van der Waals surface area contributed by atoms with Crippen molar-refractivity contribution in [2.45, 2.75) is 30.0 Å². The highest BCUT2D eigenvalue weighted by molar-refractivity contribution is 8.00. The number of nitrogens with two attached hydrogens (primary N) is 1. The zero-order chi connectivity index (χ0) is 29.4. The minimum atomic E-state index is -0.865. The summed E-state index contributed by atoms with van der Waals surface area (Å²) in [6.45, 7) is 13.3.